The Kier molecular flexibility index (Phi) is 4.54. The molecule has 2 aliphatic rings. The lowest BCUT2D eigenvalue weighted by atomic mass is 9.97. The first-order valence-corrected chi connectivity index (χ1v) is 6.55. The molecule has 2 atom stereocenters. The fourth-order valence-corrected chi connectivity index (χ4v) is 2.53. The van der Waals surface area contributed by atoms with E-state index in [1.54, 1.807) is 4.90 Å². The number of nitrogens with zero attached hydrogens (tertiary/aromatic N) is 1. The van der Waals surface area contributed by atoms with Crippen LogP contribution in [0.2, 0.25) is 0 Å². The highest BCUT2D eigenvalue weighted by atomic mass is 16.5. The minimum atomic E-state index is -0.299. The Morgan fingerprint density at radius 3 is 2.94 bits per heavy atom. The molecule has 2 rings (SSSR count). The lowest BCUT2D eigenvalue weighted by molar-refractivity contribution is -0.136. The molecule has 6 nitrogen and oxygen atoms in total. The first-order valence-electron chi connectivity index (χ1n) is 6.55. The number of morpholine rings is 1. The number of likely N-dealkylation sites (tertiary alicyclic amines) is 1. The molecule has 6 heteroatoms. The van der Waals surface area contributed by atoms with Gasteiger partial charge in [-0.1, -0.05) is 0 Å². The normalized spacial score (nSPS) is 29.0. The Labute approximate surface area is 107 Å². The van der Waals surface area contributed by atoms with E-state index in [0.717, 1.165) is 25.9 Å². The van der Waals surface area contributed by atoms with E-state index >= 15 is 0 Å². The zero-order chi connectivity index (χ0) is 13.0. The Morgan fingerprint density at radius 1 is 1.44 bits per heavy atom. The number of nitrogens with two attached hydrogens (primary N) is 1. The lowest BCUT2D eigenvalue weighted by Crippen LogP contribution is -2.48. The van der Waals surface area contributed by atoms with Gasteiger partial charge >= 0.3 is 0 Å². The molecule has 0 radical (unpaired) electrons. The molecule has 0 aliphatic carbocycles. The first-order chi connectivity index (χ1) is 8.66. The second kappa shape index (κ2) is 6.15. The van der Waals surface area contributed by atoms with Gasteiger partial charge in [0.25, 0.3) is 0 Å². The molecule has 0 aromatic carbocycles. The zero-order valence-corrected chi connectivity index (χ0v) is 10.6. The maximum absolute atomic E-state index is 12.1. The molecule has 102 valence electrons. The highest BCUT2D eigenvalue weighted by Gasteiger charge is 2.28. The van der Waals surface area contributed by atoms with Crippen molar-refractivity contribution in [3.8, 4) is 0 Å². The van der Waals surface area contributed by atoms with E-state index in [2.05, 4.69) is 5.32 Å². The maximum Gasteiger partial charge on any atom is 0.224 e. The number of carbonyl (C=O) groups excluding carboxylic acids is 2. The average Bonchev–Trinajstić information content (AvgIpc) is 2.40. The number of carbonyl (C=O) groups is 2. The molecule has 2 amide bonds. The van der Waals surface area contributed by atoms with E-state index in [0.29, 0.717) is 26.2 Å². The Hall–Kier alpha value is -1.14. The summed E-state index contributed by atoms with van der Waals surface area (Å²) in [5.74, 6) is -0.395. The standard InChI is InChI=1S/C12H21N3O3/c13-12(17)9-2-1-4-15(7-9)11(16)6-10-8-18-5-3-14-10/h9-10,14H,1-8H2,(H2,13,17). The summed E-state index contributed by atoms with van der Waals surface area (Å²) in [5.41, 5.74) is 5.30. The van der Waals surface area contributed by atoms with Gasteiger partial charge in [0, 0.05) is 32.1 Å². The summed E-state index contributed by atoms with van der Waals surface area (Å²) in [6.45, 7) is 3.29. The van der Waals surface area contributed by atoms with Crippen molar-refractivity contribution in [1.82, 2.24) is 10.2 Å². The zero-order valence-electron chi connectivity index (χ0n) is 10.6. The van der Waals surface area contributed by atoms with Gasteiger partial charge in [-0.3, -0.25) is 9.59 Å². The number of amides is 2. The molecule has 0 spiro atoms. The fourth-order valence-electron chi connectivity index (χ4n) is 2.53. The van der Waals surface area contributed by atoms with Gasteiger partial charge < -0.3 is 20.7 Å². The largest absolute Gasteiger partial charge is 0.378 e. The molecular weight excluding hydrogens is 234 g/mol. The summed E-state index contributed by atoms with van der Waals surface area (Å²) < 4.78 is 5.32. The van der Waals surface area contributed by atoms with Crippen LogP contribution in [0.4, 0.5) is 0 Å². The molecule has 2 aliphatic heterocycles. The van der Waals surface area contributed by atoms with Crippen molar-refractivity contribution in [3.63, 3.8) is 0 Å². The van der Waals surface area contributed by atoms with Gasteiger partial charge in [0.1, 0.15) is 0 Å². The van der Waals surface area contributed by atoms with Gasteiger partial charge in [-0.2, -0.15) is 0 Å². The van der Waals surface area contributed by atoms with Gasteiger partial charge in [0.2, 0.25) is 11.8 Å². The van der Waals surface area contributed by atoms with Gasteiger partial charge in [-0.05, 0) is 12.8 Å². The Bertz CT molecular complexity index is 316. The van der Waals surface area contributed by atoms with Crippen LogP contribution in [-0.4, -0.2) is 55.6 Å². The summed E-state index contributed by atoms with van der Waals surface area (Å²) in [6, 6.07) is 0.0974. The second-order valence-corrected chi connectivity index (χ2v) is 5.01. The molecular formula is C12H21N3O3. The van der Waals surface area contributed by atoms with Crippen LogP contribution in [0, 0.1) is 5.92 Å². The van der Waals surface area contributed by atoms with Gasteiger partial charge in [-0.25, -0.2) is 0 Å². The Morgan fingerprint density at radius 2 is 2.28 bits per heavy atom. The van der Waals surface area contributed by atoms with Crippen molar-refractivity contribution < 1.29 is 14.3 Å². The highest BCUT2D eigenvalue weighted by molar-refractivity contribution is 5.80. The van der Waals surface area contributed by atoms with Crippen molar-refractivity contribution in [2.45, 2.75) is 25.3 Å². The number of hydrogen-bond acceptors (Lipinski definition) is 4. The van der Waals surface area contributed by atoms with Crippen LogP contribution >= 0.6 is 0 Å². The monoisotopic (exact) mass is 255 g/mol. The number of hydrogen-bond donors (Lipinski definition) is 2. The fraction of sp³-hybridized carbons (Fsp3) is 0.833. The van der Waals surface area contributed by atoms with Crippen molar-refractivity contribution in [1.29, 1.82) is 0 Å². The molecule has 0 aromatic rings. The number of nitrogens with one attached hydrogen (secondary N) is 1. The highest BCUT2D eigenvalue weighted by Crippen LogP contribution is 2.17. The van der Waals surface area contributed by atoms with Crippen LogP contribution in [0.5, 0.6) is 0 Å². The Balaban J connectivity index is 1.82. The molecule has 3 N–H and O–H groups in total. The predicted molar refractivity (Wildman–Crippen MR) is 65.7 cm³/mol. The second-order valence-electron chi connectivity index (χ2n) is 5.01. The lowest BCUT2D eigenvalue weighted by Gasteiger charge is -2.33. The summed E-state index contributed by atoms with van der Waals surface area (Å²) >= 11 is 0. The minimum Gasteiger partial charge on any atom is -0.378 e. The van der Waals surface area contributed by atoms with Gasteiger partial charge in [0.15, 0.2) is 0 Å². The van der Waals surface area contributed by atoms with Crippen LogP contribution in [0.1, 0.15) is 19.3 Å². The molecule has 0 aromatic heterocycles. The van der Waals surface area contributed by atoms with Crippen LogP contribution in [-0.2, 0) is 14.3 Å². The smallest absolute Gasteiger partial charge is 0.224 e. The molecule has 2 fully saturated rings. The molecule has 2 unspecified atom stereocenters. The SMILES string of the molecule is NC(=O)C1CCCN(C(=O)CC2COCCN2)C1. The van der Waals surface area contributed by atoms with Gasteiger partial charge in [0.05, 0.1) is 19.1 Å². The number of primary amides is 1. The summed E-state index contributed by atoms with van der Waals surface area (Å²) in [7, 11) is 0. The van der Waals surface area contributed by atoms with Crippen LogP contribution < -0.4 is 11.1 Å². The van der Waals surface area contributed by atoms with E-state index < -0.39 is 0 Å². The van der Waals surface area contributed by atoms with E-state index in [4.69, 9.17) is 10.5 Å². The summed E-state index contributed by atoms with van der Waals surface area (Å²) in [6.07, 6.45) is 2.09. The van der Waals surface area contributed by atoms with E-state index in [1.165, 1.54) is 0 Å². The third kappa shape index (κ3) is 3.43. The van der Waals surface area contributed by atoms with Crippen molar-refractivity contribution in [2.24, 2.45) is 11.7 Å². The maximum atomic E-state index is 12.1. The molecule has 2 saturated heterocycles. The number of piperidine rings is 1. The summed E-state index contributed by atoms with van der Waals surface area (Å²) in [5, 5.41) is 3.26. The predicted octanol–water partition coefficient (Wildman–Crippen LogP) is -0.911. The van der Waals surface area contributed by atoms with Crippen LogP contribution in [0.3, 0.4) is 0 Å². The quantitative estimate of drug-likeness (QED) is 0.683. The van der Waals surface area contributed by atoms with Crippen molar-refractivity contribution in [3.05, 3.63) is 0 Å². The third-order valence-electron chi connectivity index (χ3n) is 3.60. The third-order valence-corrected chi connectivity index (χ3v) is 3.60. The van der Waals surface area contributed by atoms with E-state index in [-0.39, 0.29) is 23.8 Å². The van der Waals surface area contributed by atoms with Crippen LogP contribution in [0.15, 0.2) is 0 Å². The van der Waals surface area contributed by atoms with E-state index in [1.807, 2.05) is 0 Å². The van der Waals surface area contributed by atoms with Crippen LogP contribution in [0.25, 0.3) is 0 Å². The molecule has 0 bridgehead atoms. The topological polar surface area (TPSA) is 84.7 Å². The molecule has 0 saturated carbocycles. The number of ether oxygens (including phenoxy) is 1. The van der Waals surface area contributed by atoms with E-state index in [9.17, 15) is 9.59 Å². The number of rotatable bonds is 3. The molecule has 2 heterocycles. The minimum absolute atomic E-state index is 0.0870. The van der Waals surface area contributed by atoms with Crippen molar-refractivity contribution >= 4 is 11.8 Å². The molecule has 18 heavy (non-hydrogen) atoms. The first kappa shape index (κ1) is 13.3. The van der Waals surface area contributed by atoms with Crippen molar-refractivity contribution in [2.75, 3.05) is 32.8 Å². The van der Waals surface area contributed by atoms with Gasteiger partial charge in [-0.15, -0.1) is 0 Å². The summed E-state index contributed by atoms with van der Waals surface area (Å²) in [4.78, 5) is 25.0. The average molecular weight is 255 g/mol.